The summed E-state index contributed by atoms with van der Waals surface area (Å²) in [6.45, 7) is 3.49. The zero-order chi connectivity index (χ0) is 30.2. The number of alkyl halides is 3. The largest absolute Gasteiger partial charge is 0.478 e. The highest BCUT2D eigenvalue weighted by molar-refractivity contribution is 5.86. The fourth-order valence-electron chi connectivity index (χ4n) is 7.38. The Hall–Kier alpha value is -2.33. The molecule has 4 bridgehead atoms. The quantitative estimate of drug-likeness (QED) is 0.216. The van der Waals surface area contributed by atoms with Crippen molar-refractivity contribution in [1.29, 1.82) is 0 Å². The normalized spacial score (nSPS) is 27.6. The minimum Gasteiger partial charge on any atom is -0.478 e. The van der Waals surface area contributed by atoms with Crippen LogP contribution in [0.3, 0.4) is 0 Å². The van der Waals surface area contributed by atoms with E-state index in [2.05, 4.69) is 21.8 Å². The summed E-state index contributed by atoms with van der Waals surface area (Å²) in [6, 6.07) is 3.11. The Balaban J connectivity index is 0.000000168. The second kappa shape index (κ2) is 14.9. The van der Waals surface area contributed by atoms with E-state index in [1.165, 1.54) is 95.5 Å². The van der Waals surface area contributed by atoms with Crippen LogP contribution in [-0.4, -0.2) is 44.2 Å². The summed E-state index contributed by atoms with van der Waals surface area (Å²) in [5.41, 5.74) is -0.720. The maximum absolute atomic E-state index is 12.2. The Morgan fingerprint density at radius 1 is 1.05 bits per heavy atom. The summed E-state index contributed by atoms with van der Waals surface area (Å²) in [5, 5.41) is 26.4. The molecule has 0 amide bonds. The van der Waals surface area contributed by atoms with Gasteiger partial charge in [0.15, 0.2) is 0 Å². The van der Waals surface area contributed by atoms with E-state index in [9.17, 15) is 23.1 Å². The number of aliphatic hydroxyl groups is 1. The van der Waals surface area contributed by atoms with Gasteiger partial charge in [0.05, 0.1) is 23.5 Å². The number of nitrogens with one attached hydrogen (secondary N) is 1. The van der Waals surface area contributed by atoms with Crippen molar-refractivity contribution in [1.82, 2.24) is 15.1 Å². The number of aromatic carboxylic acids is 1. The molecular weight excluding hydrogens is 547 g/mol. The molecule has 42 heavy (non-hydrogen) atoms. The predicted molar refractivity (Wildman–Crippen MR) is 154 cm³/mol. The molecule has 7 nitrogen and oxygen atoms in total. The van der Waals surface area contributed by atoms with Gasteiger partial charge < -0.3 is 19.9 Å². The predicted octanol–water partition coefficient (Wildman–Crippen LogP) is 7.87. The SMILES string of the molecule is CCCCCCCCCCNC1C2CC3CC1CC(O)(C3)C2.FC(F)(F)c1ccnn1C1CC1.O=C(O)c1ccoc1. The van der Waals surface area contributed by atoms with E-state index in [1.807, 2.05) is 0 Å². The maximum atomic E-state index is 12.2. The Labute approximate surface area is 247 Å². The average Bonchev–Trinajstić information content (AvgIpc) is 3.38. The Kier molecular flexibility index (Phi) is 11.6. The highest BCUT2D eigenvalue weighted by atomic mass is 19.4. The highest BCUT2D eigenvalue weighted by Gasteiger charge is 2.54. The van der Waals surface area contributed by atoms with Crippen molar-refractivity contribution < 1.29 is 32.6 Å². The smallest absolute Gasteiger partial charge is 0.433 e. The zero-order valence-electron chi connectivity index (χ0n) is 24.8. The maximum Gasteiger partial charge on any atom is 0.433 e. The summed E-state index contributed by atoms with van der Waals surface area (Å²) >= 11 is 0. The van der Waals surface area contributed by atoms with E-state index in [0.29, 0.717) is 0 Å². The van der Waals surface area contributed by atoms with E-state index in [4.69, 9.17) is 5.11 Å². The van der Waals surface area contributed by atoms with Crippen LogP contribution in [0.4, 0.5) is 13.2 Å². The molecule has 10 heteroatoms. The lowest BCUT2D eigenvalue weighted by molar-refractivity contribution is -0.144. The molecule has 0 spiro atoms. The molecule has 3 N–H and O–H groups in total. The first-order chi connectivity index (χ1) is 20.1. The molecule has 2 aromatic rings. The number of hydrogen-bond donors (Lipinski definition) is 3. The molecule has 7 rings (SSSR count). The number of rotatable bonds is 12. The molecular formula is C32H48F3N3O4. The van der Waals surface area contributed by atoms with Crippen LogP contribution >= 0.6 is 0 Å². The fraction of sp³-hybridized carbons (Fsp3) is 0.750. The Bertz CT molecular complexity index is 1070. The molecule has 5 saturated carbocycles. The fourth-order valence-corrected chi connectivity index (χ4v) is 7.38. The first kappa shape index (κ1) is 32.6. The molecule has 5 aliphatic rings. The van der Waals surface area contributed by atoms with Gasteiger partial charge in [-0.3, -0.25) is 4.68 Å². The van der Waals surface area contributed by atoms with Gasteiger partial charge in [0, 0.05) is 12.2 Å². The monoisotopic (exact) mass is 595 g/mol. The molecule has 2 atom stereocenters. The summed E-state index contributed by atoms with van der Waals surface area (Å²) in [7, 11) is 0. The summed E-state index contributed by atoms with van der Waals surface area (Å²) in [5.74, 6) is 1.41. The number of nitrogens with zero attached hydrogens (tertiary/aromatic N) is 2. The van der Waals surface area contributed by atoms with Gasteiger partial charge >= 0.3 is 12.1 Å². The van der Waals surface area contributed by atoms with Gasteiger partial charge in [0.1, 0.15) is 12.0 Å². The third kappa shape index (κ3) is 9.33. The lowest BCUT2D eigenvalue weighted by Crippen LogP contribution is -2.60. The van der Waals surface area contributed by atoms with E-state index in [1.54, 1.807) is 0 Å². The number of carboxylic acids is 1. The second-order valence-electron chi connectivity index (χ2n) is 12.9. The molecule has 5 aliphatic carbocycles. The minimum atomic E-state index is -4.26. The molecule has 2 aromatic heterocycles. The van der Waals surface area contributed by atoms with Crippen molar-refractivity contribution in [3.05, 3.63) is 42.1 Å². The first-order valence-corrected chi connectivity index (χ1v) is 15.9. The van der Waals surface area contributed by atoms with Gasteiger partial charge in [0.25, 0.3) is 0 Å². The summed E-state index contributed by atoms with van der Waals surface area (Å²) < 4.78 is 42.2. The Morgan fingerprint density at radius 3 is 2.19 bits per heavy atom. The first-order valence-electron chi connectivity index (χ1n) is 15.9. The number of furan rings is 1. The number of carbonyl (C=O) groups is 1. The van der Waals surface area contributed by atoms with E-state index in [0.717, 1.165) is 66.6 Å². The van der Waals surface area contributed by atoms with Gasteiger partial charge in [-0.25, -0.2) is 4.79 Å². The van der Waals surface area contributed by atoms with Crippen molar-refractivity contribution in [3.63, 3.8) is 0 Å². The van der Waals surface area contributed by atoms with Crippen LogP contribution < -0.4 is 5.32 Å². The Morgan fingerprint density at radius 2 is 1.69 bits per heavy atom. The topological polar surface area (TPSA) is 101 Å². The van der Waals surface area contributed by atoms with Crippen molar-refractivity contribution in [2.75, 3.05) is 6.54 Å². The third-order valence-electron chi connectivity index (χ3n) is 9.27. The van der Waals surface area contributed by atoms with Crippen LogP contribution in [0.25, 0.3) is 0 Å². The van der Waals surface area contributed by atoms with Crippen molar-refractivity contribution in [2.24, 2.45) is 17.8 Å². The number of aromatic nitrogens is 2. The van der Waals surface area contributed by atoms with E-state index >= 15 is 0 Å². The van der Waals surface area contributed by atoms with Crippen molar-refractivity contribution >= 4 is 5.97 Å². The van der Waals surface area contributed by atoms with Crippen LogP contribution in [0.5, 0.6) is 0 Å². The van der Waals surface area contributed by atoms with Gasteiger partial charge in [-0.2, -0.15) is 18.3 Å². The molecule has 2 heterocycles. The van der Waals surface area contributed by atoms with Crippen LogP contribution in [0, 0.1) is 17.8 Å². The van der Waals surface area contributed by atoms with Crippen molar-refractivity contribution in [2.45, 2.75) is 127 Å². The number of hydrogen-bond acceptors (Lipinski definition) is 5. The molecule has 236 valence electrons. The molecule has 0 radical (unpaired) electrons. The second-order valence-corrected chi connectivity index (χ2v) is 12.9. The molecule has 2 unspecified atom stereocenters. The van der Waals surface area contributed by atoms with Crippen LogP contribution in [0.2, 0.25) is 0 Å². The van der Waals surface area contributed by atoms with E-state index in [-0.39, 0.29) is 17.2 Å². The molecule has 0 saturated heterocycles. The van der Waals surface area contributed by atoms with Gasteiger partial charge in [-0.15, -0.1) is 0 Å². The highest BCUT2D eigenvalue weighted by Crippen LogP contribution is 2.55. The molecule has 5 fully saturated rings. The molecule has 0 aliphatic heterocycles. The van der Waals surface area contributed by atoms with Gasteiger partial charge in [0.2, 0.25) is 0 Å². The van der Waals surface area contributed by atoms with Crippen LogP contribution in [0.1, 0.15) is 125 Å². The van der Waals surface area contributed by atoms with Gasteiger partial charge in [-0.1, -0.05) is 51.9 Å². The third-order valence-corrected chi connectivity index (χ3v) is 9.27. The van der Waals surface area contributed by atoms with Crippen molar-refractivity contribution in [3.8, 4) is 0 Å². The summed E-state index contributed by atoms with van der Waals surface area (Å²) in [4.78, 5) is 10.0. The zero-order valence-corrected chi connectivity index (χ0v) is 24.8. The number of carboxylic acid groups (broad SMARTS) is 1. The van der Waals surface area contributed by atoms with Crippen LogP contribution in [-0.2, 0) is 6.18 Å². The standard InChI is InChI=1S/C20H37NO.C7H7F3N2.C5H4O3/c1-2-3-4-5-6-7-8-9-10-21-19-17-11-16-12-18(19)15-20(22,13-16)14-17;8-7(9,10)6-3-4-11-12(6)5-1-2-5;6-5(7)4-1-2-8-3-4/h16-19,21-22H,2-15H2,1H3;3-5H,1-2H2;1-3H,(H,6,7). The summed E-state index contributed by atoms with van der Waals surface area (Å²) in [6.07, 6.45) is 18.3. The van der Waals surface area contributed by atoms with E-state index < -0.39 is 17.8 Å². The van der Waals surface area contributed by atoms with Gasteiger partial charge in [-0.05, 0) is 87.8 Å². The van der Waals surface area contributed by atoms with Crippen LogP contribution in [0.15, 0.2) is 35.3 Å². The lowest BCUT2D eigenvalue weighted by Gasteiger charge is -2.58. The minimum absolute atomic E-state index is 0.0170. The number of halogens is 3. The number of unbranched alkanes of at least 4 members (excludes halogenated alkanes) is 7. The average molecular weight is 596 g/mol. The lowest BCUT2D eigenvalue weighted by atomic mass is 9.52. The molecule has 0 aromatic carbocycles.